The summed E-state index contributed by atoms with van der Waals surface area (Å²) in [6, 6.07) is 79.5. The van der Waals surface area contributed by atoms with Crippen molar-refractivity contribution in [2.45, 2.75) is 40.2 Å². The number of hydrogen-bond donors (Lipinski definition) is 6. The molecule has 0 unspecified atom stereocenters. The number of rotatable bonds is 17. The van der Waals surface area contributed by atoms with Gasteiger partial charge in [-0.25, -0.2) is 49.5 Å². The van der Waals surface area contributed by atoms with E-state index < -0.39 is 7.15 Å². The Morgan fingerprint density at radius 1 is 0.410 bits per heavy atom. The molecule has 0 atom stereocenters. The number of para-hydroxylation sites is 8. The van der Waals surface area contributed by atoms with Gasteiger partial charge in [0.15, 0.2) is 32.9 Å². The molecule has 6 heterocycles. The number of aromatic nitrogens is 12. The van der Waals surface area contributed by atoms with E-state index in [4.69, 9.17) is 76.6 Å². The molecule has 29 heteroatoms. The summed E-state index contributed by atoms with van der Waals surface area (Å²) in [5, 5.41) is 18.8. The summed E-state index contributed by atoms with van der Waals surface area (Å²) < 4.78 is 41.6. The van der Waals surface area contributed by atoms with Crippen molar-refractivity contribution in [1.29, 1.82) is 0 Å². The van der Waals surface area contributed by atoms with E-state index in [1.807, 2.05) is 153 Å². The van der Waals surface area contributed by atoms with Crippen molar-refractivity contribution in [3.05, 3.63) is 381 Å². The largest absolute Gasteiger partial charge is 0.508 e. The van der Waals surface area contributed by atoms with Crippen LogP contribution in [0.5, 0.6) is 34.6 Å². The molecule has 11 aromatic carbocycles. The maximum atomic E-state index is 12.6. The van der Waals surface area contributed by atoms with E-state index in [-0.39, 0.29) is 62.1 Å². The maximum absolute atomic E-state index is 12.6. The predicted molar refractivity (Wildman–Crippen MR) is 471 cm³/mol. The highest BCUT2D eigenvalue weighted by Gasteiger charge is 2.18. The minimum absolute atomic E-state index is 0.135. The number of nitrogens with zero attached hydrogens (tertiary/aromatic N) is 8. The molecular formula is C93H81Cl4FN12O12. The Kier molecular flexibility index (Phi) is 35.2. The van der Waals surface area contributed by atoms with Crippen molar-refractivity contribution < 1.29 is 63.6 Å². The monoisotopic (exact) mass is 1720 g/mol. The number of esters is 2. The number of aromatic hydroxyl groups is 2. The Morgan fingerprint density at radius 3 is 1.14 bits per heavy atom. The smallest absolute Gasteiger partial charge is 0.338 e. The number of phenolic OH excluding ortho intramolecular Hbond substituents is 2. The molecule has 0 radical (unpaired) electrons. The number of carbonyl (C=O) groups is 5. The lowest BCUT2D eigenvalue weighted by Gasteiger charge is -2.07. The number of H-pyrrole nitrogens is 4. The Labute approximate surface area is 722 Å². The van der Waals surface area contributed by atoms with E-state index in [9.17, 15) is 33.5 Å². The van der Waals surface area contributed by atoms with Crippen LogP contribution in [-0.4, -0.2) is 127 Å². The predicted octanol–water partition coefficient (Wildman–Crippen LogP) is 21.3. The second-order valence-electron chi connectivity index (χ2n) is 25.3. The van der Waals surface area contributed by atoms with Gasteiger partial charge in [0.05, 0.1) is 90.4 Å². The molecule has 0 aliphatic heterocycles. The molecule has 0 fully saturated rings. The normalized spacial score (nSPS) is 10.2. The van der Waals surface area contributed by atoms with Crippen LogP contribution in [0.1, 0.15) is 107 Å². The van der Waals surface area contributed by atoms with Crippen molar-refractivity contribution in [3.8, 4) is 34.6 Å². The van der Waals surface area contributed by atoms with E-state index in [1.54, 1.807) is 100 Å². The van der Waals surface area contributed by atoms with Gasteiger partial charge in [-0.05, 0) is 209 Å². The summed E-state index contributed by atoms with van der Waals surface area (Å²) in [5.41, 5.74) is 14.2. The average molecular weight is 1720 g/mol. The SMILES string of the molecule is CCOC(=O)c1ccc(C)cc1.CCOC(=O)c1ccc(O)cc1.COc1ccc(COc2ccc(C(=O)c3nc4ccccc4[nH]3)cc2)cc1.Cc1ccc(CCl)cc1.Clc1nccnc1Cl.O=C(c1ccc(O)cc1)c1nc2ccccc2[nH]1.O=C(c1ccc(Oc2nccnc2Cl)cc1)c1nc2ccccc2[nH]1.[2H]CF.c1ccc2[nH]cnc2c1. The fourth-order valence-electron chi connectivity index (χ4n) is 10.5. The first kappa shape index (κ1) is 89.8. The molecule has 6 N–H and O–H groups in total. The van der Waals surface area contributed by atoms with Crippen molar-refractivity contribution in [2.75, 3.05) is 27.5 Å². The van der Waals surface area contributed by atoms with E-state index in [1.165, 1.54) is 72.3 Å². The number of nitrogens with one attached hydrogen (secondary N) is 4. The molecule has 0 aliphatic rings. The van der Waals surface area contributed by atoms with Crippen LogP contribution in [-0.2, 0) is 22.0 Å². The maximum Gasteiger partial charge on any atom is 0.338 e. The topological polar surface area (TPSA) is 338 Å². The van der Waals surface area contributed by atoms with Crippen molar-refractivity contribution in [1.82, 2.24) is 59.8 Å². The molecule has 620 valence electrons. The van der Waals surface area contributed by atoms with E-state index in [0.717, 1.165) is 61.0 Å². The van der Waals surface area contributed by atoms with Crippen LogP contribution in [0.2, 0.25) is 15.5 Å². The minimum Gasteiger partial charge on any atom is -0.508 e. The number of ketones is 3. The Morgan fingerprint density at radius 2 is 0.754 bits per heavy atom. The van der Waals surface area contributed by atoms with Crippen LogP contribution >= 0.6 is 46.4 Å². The highest BCUT2D eigenvalue weighted by molar-refractivity contribution is 6.40. The summed E-state index contributed by atoms with van der Waals surface area (Å²) in [4.78, 5) is 104. The van der Waals surface area contributed by atoms with Crippen LogP contribution in [0.4, 0.5) is 4.39 Å². The Bertz CT molecular complexity index is 5980. The van der Waals surface area contributed by atoms with Gasteiger partial charge < -0.3 is 53.8 Å². The number of aryl methyl sites for hydroxylation is 2. The van der Waals surface area contributed by atoms with Crippen LogP contribution in [0, 0.1) is 13.8 Å². The zero-order valence-electron chi connectivity index (χ0n) is 67.3. The minimum atomic E-state index is -1.00. The van der Waals surface area contributed by atoms with Crippen molar-refractivity contribution in [2.24, 2.45) is 0 Å². The Hall–Kier alpha value is -14.5. The molecule has 24 nitrogen and oxygen atoms in total. The van der Waals surface area contributed by atoms with Crippen LogP contribution in [0.3, 0.4) is 0 Å². The second-order valence-corrected chi connectivity index (χ2v) is 26.7. The molecule has 0 saturated heterocycles. The molecule has 0 saturated carbocycles. The highest BCUT2D eigenvalue weighted by Crippen LogP contribution is 2.27. The van der Waals surface area contributed by atoms with Gasteiger partial charge in [0.1, 0.15) is 35.4 Å². The third-order valence-electron chi connectivity index (χ3n) is 16.7. The number of ether oxygens (including phenoxy) is 5. The van der Waals surface area contributed by atoms with Gasteiger partial charge >= 0.3 is 11.9 Å². The Balaban J connectivity index is 0.000000165. The zero-order valence-corrected chi connectivity index (χ0v) is 69.3. The van der Waals surface area contributed by atoms with Crippen molar-refractivity contribution >= 4 is 120 Å². The number of imidazole rings is 4. The number of alkyl halides is 2. The third kappa shape index (κ3) is 28.1. The summed E-state index contributed by atoms with van der Waals surface area (Å²) in [6.07, 6.45) is 7.62. The number of hydrogen-bond acceptors (Lipinski definition) is 20. The fourth-order valence-corrected chi connectivity index (χ4v) is 11.1. The van der Waals surface area contributed by atoms with E-state index >= 15 is 0 Å². The number of carbonyl (C=O) groups excluding carboxylic acids is 5. The van der Waals surface area contributed by atoms with Gasteiger partial charge in [-0.2, -0.15) is 0 Å². The number of benzene rings is 11. The quantitative estimate of drug-likeness (QED) is 0.0280. The molecule has 0 aliphatic carbocycles. The average Bonchev–Trinajstić information content (AvgIpc) is 1.67. The van der Waals surface area contributed by atoms with Crippen LogP contribution in [0.15, 0.2) is 298 Å². The van der Waals surface area contributed by atoms with Gasteiger partial charge in [0.25, 0.3) is 5.88 Å². The third-order valence-corrected chi connectivity index (χ3v) is 18.0. The van der Waals surface area contributed by atoms with Gasteiger partial charge in [-0.15, -0.1) is 11.6 Å². The molecule has 0 spiro atoms. The first-order chi connectivity index (χ1) is 59.6. The second kappa shape index (κ2) is 47.8. The number of phenols is 2. The molecule has 6 aromatic heterocycles. The summed E-state index contributed by atoms with van der Waals surface area (Å²) in [7, 11) is 0.639. The van der Waals surface area contributed by atoms with E-state index in [0.29, 0.717) is 82.5 Å². The highest BCUT2D eigenvalue weighted by atomic mass is 35.5. The number of fused-ring (bicyclic) bond motifs is 4. The van der Waals surface area contributed by atoms with E-state index in [2.05, 4.69) is 78.9 Å². The fraction of sp³-hybridized carbons (Fsp3) is 0.108. The first-order valence-corrected chi connectivity index (χ1v) is 38.9. The summed E-state index contributed by atoms with van der Waals surface area (Å²) in [6.45, 7) is 8.82. The lowest BCUT2D eigenvalue weighted by Crippen LogP contribution is -2.03. The molecular weight excluding hydrogens is 1640 g/mol. The molecule has 0 bridgehead atoms. The standard InChI is InChI=1S/C22H18N2O3.C18H11ClN4O2.C14H10N2O2.C10H12O2.C9H10O3.C8H9Cl.C7H6N2.C4H2Cl2N2.CH3F/c1-26-17-10-6-15(7-11-17)14-27-18-12-8-16(9-13-18)21(25)22-23-19-4-2-3-5-20(19)24-22;19-16-18(21-10-9-20-16)25-12-7-5-11(6-8-12)15(24)17-22-13-3-1-2-4-14(13)23-17;17-10-7-5-9(6-8-10)13(18)14-15-11-3-1-2-4-12(11)16-14;1-3-12-10(11)9-6-4-8(2)5-7-9;1-2-12-9(11)7-3-5-8(10)6-4-7;1-7-2-4-8(6-9)5-3-7;1-2-4-7-6(3-1)8-5-9-7;5-3-4(6)8-2-1-7-3;1-2/h2-13H,14H2,1H3,(H,23,24);1-10H,(H,22,23);1-8,17H,(H,15,16);4-7H,3H2,1-2H3;3-6,10H,2H2,1H3;2-5H,6H2,1H3;1-5H,(H,8,9);1-2H;1H3/i;;;;;;;;1D. The molecule has 122 heavy (non-hydrogen) atoms. The zero-order chi connectivity index (χ0) is 87.8. The van der Waals surface area contributed by atoms with Crippen molar-refractivity contribution in [3.63, 3.8) is 0 Å². The van der Waals surface area contributed by atoms with Gasteiger partial charge in [-0.3, -0.25) is 18.8 Å². The van der Waals surface area contributed by atoms with Gasteiger partial charge in [0.2, 0.25) is 17.3 Å². The molecule has 17 aromatic rings. The first-order valence-electron chi connectivity index (χ1n) is 37.9. The lowest BCUT2D eigenvalue weighted by atomic mass is 10.1. The molecule has 0 amide bonds. The van der Waals surface area contributed by atoms with Gasteiger partial charge in [-0.1, -0.05) is 143 Å². The number of halogens is 5. The molecule has 17 rings (SSSR count). The number of methoxy groups -OCH3 is 1. The number of aromatic amines is 4. The van der Waals surface area contributed by atoms with Gasteiger partial charge in [0, 0.05) is 47.4 Å². The summed E-state index contributed by atoms with van der Waals surface area (Å²) >= 11 is 22.3. The lowest BCUT2D eigenvalue weighted by molar-refractivity contribution is 0.0516. The van der Waals surface area contributed by atoms with Crippen LogP contribution in [0.25, 0.3) is 44.1 Å². The summed E-state index contributed by atoms with van der Waals surface area (Å²) in [5.74, 6) is 2.91. The van der Waals surface area contributed by atoms with Crippen LogP contribution < -0.4 is 14.2 Å².